The van der Waals surface area contributed by atoms with Crippen LogP contribution < -0.4 is 5.32 Å². The van der Waals surface area contributed by atoms with E-state index in [1.807, 2.05) is 12.4 Å². The van der Waals surface area contributed by atoms with Crippen LogP contribution in [0.15, 0.2) is 48.8 Å². The first-order valence-corrected chi connectivity index (χ1v) is 7.45. The third kappa shape index (κ3) is 2.91. The molecule has 2 nitrogen and oxygen atoms in total. The summed E-state index contributed by atoms with van der Waals surface area (Å²) >= 11 is 0. The van der Waals surface area contributed by atoms with Crippen molar-refractivity contribution in [3.8, 4) is 0 Å². The van der Waals surface area contributed by atoms with Crippen molar-refractivity contribution in [2.45, 2.75) is 44.7 Å². The Bertz CT molecular complexity index is 541. The fraction of sp³-hybridized carbons (Fsp3) is 0.389. The molecule has 1 heterocycles. The van der Waals surface area contributed by atoms with Crippen molar-refractivity contribution in [3.63, 3.8) is 0 Å². The minimum absolute atomic E-state index is 0.405. The van der Waals surface area contributed by atoms with Gasteiger partial charge in [0.15, 0.2) is 0 Å². The molecule has 0 amide bonds. The van der Waals surface area contributed by atoms with Crippen LogP contribution in [-0.4, -0.2) is 11.0 Å². The molecule has 1 fully saturated rings. The molecule has 1 atom stereocenters. The van der Waals surface area contributed by atoms with Crippen molar-refractivity contribution < 1.29 is 0 Å². The zero-order valence-corrected chi connectivity index (χ0v) is 12.2. The molecule has 2 heteroatoms. The Balaban J connectivity index is 1.52. The van der Waals surface area contributed by atoms with Gasteiger partial charge in [0, 0.05) is 24.5 Å². The summed E-state index contributed by atoms with van der Waals surface area (Å²) in [6, 6.07) is 14.2. The third-order valence-electron chi connectivity index (χ3n) is 4.38. The minimum atomic E-state index is 0.405. The molecule has 0 saturated heterocycles. The highest BCUT2D eigenvalue weighted by molar-refractivity contribution is 5.27. The highest BCUT2D eigenvalue weighted by Gasteiger charge is 2.30. The standard InChI is InChI=1S/C18H22N2/c1-13-3-5-16(6-4-13)17-11-18(12-17)20-14(2)15-7-9-19-10-8-15/h3-10,14,17-18,20H,11-12H2,1-2H3/t14-,17?,18?/m0/s1. The van der Waals surface area contributed by atoms with E-state index in [-0.39, 0.29) is 0 Å². The van der Waals surface area contributed by atoms with Crippen LogP contribution in [-0.2, 0) is 0 Å². The second-order valence-electron chi connectivity index (χ2n) is 5.94. The Morgan fingerprint density at radius 3 is 2.35 bits per heavy atom. The molecule has 2 aromatic rings. The van der Waals surface area contributed by atoms with Crippen LogP contribution in [0.4, 0.5) is 0 Å². The normalized spacial score (nSPS) is 23.1. The predicted octanol–water partition coefficient (Wildman–Crippen LogP) is 3.99. The van der Waals surface area contributed by atoms with E-state index < -0.39 is 0 Å². The Morgan fingerprint density at radius 2 is 1.70 bits per heavy atom. The van der Waals surface area contributed by atoms with Crippen LogP contribution in [0.3, 0.4) is 0 Å². The molecule has 20 heavy (non-hydrogen) atoms. The lowest BCUT2D eigenvalue weighted by atomic mass is 9.75. The number of hydrogen-bond acceptors (Lipinski definition) is 2. The number of nitrogens with one attached hydrogen (secondary N) is 1. The van der Waals surface area contributed by atoms with Crippen LogP contribution in [0.1, 0.15) is 48.4 Å². The maximum Gasteiger partial charge on any atom is 0.0295 e. The number of aromatic nitrogens is 1. The second kappa shape index (κ2) is 5.76. The van der Waals surface area contributed by atoms with Gasteiger partial charge in [0.2, 0.25) is 0 Å². The van der Waals surface area contributed by atoms with Gasteiger partial charge in [-0.2, -0.15) is 0 Å². The summed E-state index contributed by atoms with van der Waals surface area (Å²) in [5, 5.41) is 3.72. The lowest BCUT2D eigenvalue weighted by Crippen LogP contribution is -2.41. The zero-order chi connectivity index (χ0) is 13.9. The van der Waals surface area contributed by atoms with E-state index in [2.05, 4.69) is 60.5 Å². The van der Waals surface area contributed by atoms with Gasteiger partial charge in [-0.25, -0.2) is 0 Å². The van der Waals surface area contributed by atoms with E-state index in [0.717, 1.165) is 5.92 Å². The van der Waals surface area contributed by atoms with Gasteiger partial charge in [-0.3, -0.25) is 4.98 Å². The molecule has 1 aliphatic rings. The number of aryl methyl sites for hydroxylation is 1. The van der Waals surface area contributed by atoms with Gasteiger partial charge in [0.1, 0.15) is 0 Å². The van der Waals surface area contributed by atoms with Crippen molar-refractivity contribution in [2.75, 3.05) is 0 Å². The van der Waals surface area contributed by atoms with Crippen molar-refractivity contribution >= 4 is 0 Å². The summed E-state index contributed by atoms with van der Waals surface area (Å²) in [5.41, 5.74) is 4.15. The third-order valence-corrected chi connectivity index (χ3v) is 4.38. The smallest absolute Gasteiger partial charge is 0.0295 e. The molecule has 1 N–H and O–H groups in total. The van der Waals surface area contributed by atoms with Gasteiger partial charge < -0.3 is 5.32 Å². The van der Waals surface area contributed by atoms with E-state index in [9.17, 15) is 0 Å². The van der Waals surface area contributed by atoms with Crippen LogP contribution in [0.5, 0.6) is 0 Å². The maximum atomic E-state index is 4.07. The Kier molecular flexibility index (Phi) is 3.83. The minimum Gasteiger partial charge on any atom is -0.307 e. The molecule has 3 rings (SSSR count). The van der Waals surface area contributed by atoms with Crippen LogP contribution in [0.25, 0.3) is 0 Å². The van der Waals surface area contributed by atoms with Crippen molar-refractivity contribution in [2.24, 2.45) is 0 Å². The average molecular weight is 266 g/mol. The van der Waals surface area contributed by atoms with Gasteiger partial charge in [-0.05, 0) is 55.9 Å². The predicted molar refractivity (Wildman–Crippen MR) is 82.7 cm³/mol. The van der Waals surface area contributed by atoms with E-state index in [1.54, 1.807) is 0 Å². The highest BCUT2D eigenvalue weighted by Crippen LogP contribution is 2.37. The monoisotopic (exact) mass is 266 g/mol. The topological polar surface area (TPSA) is 24.9 Å². The van der Waals surface area contributed by atoms with Crippen LogP contribution in [0.2, 0.25) is 0 Å². The fourth-order valence-electron chi connectivity index (χ4n) is 2.97. The molecule has 0 bridgehead atoms. The molecule has 1 saturated carbocycles. The van der Waals surface area contributed by atoms with E-state index >= 15 is 0 Å². The van der Waals surface area contributed by atoms with Gasteiger partial charge in [-0.1, -0.05) is 29.8 Å². The maximum absolute atomic E-state index is 4.07. The largest absolute Gasteiger partial charge is 0.307 e. The number of benzene rings is 1. The van der Waals surface area contributed by atoms with Crippen LogP contribution in [0, 0.1) is 6.92 Å². The van der Waals surface area contributed by atoms with Gasteiger partial charge in [0.25, 0.3) is 0 Å². The lowest BCUT2D eigenvalue weighted by Gasteiger charge is -2.38. The number of pyridine rings is 1. The quantitative estimate of drug-likeness (QED) is 0.905. The van der Waals surface area contributed by atoms with Crippen molar-refractivity contribution in [1.29, 1.82) is 0 Å². The molecule has 0 spiro atoms. The number of nitrogens with zero attached hydrogens (tertiary/aromatic N) is 1. The molecular weight excluding hydrogens is 244 g/mol. The van der Waals surface area contributed by atoms with Gasteiger partial charge in [-0.15, -0.1) is 0 Å². The average Bonchev–Trinajstić information content (AvgIpc) is 2.44. The van der Waals surface area contributed by atoms with E-state index in [1.165, 1.54) is 29.5 Å². The Morgan fingerprint density at radius 1 is 1.05 bits per heavy atom. The summed E-state index contributed by atoms with van der Waals surface area (Å²) < 4.78 is 0. The summed E-state index contributed by atoms with van der Waals surface area (Å²) in [6.45, 7) is 4.37. The molecule has 1 aromatic carbocycles. The molecule has 104 valence electrons. The molecule has 0 radical (unpaired) electrons. The molecule has 1 aromatic heterocycles. The van der Waals surface area contributed by atoms with Crippen molar-refractivity contribution in [3.05, 3.63) is 65.5 Å². The van der Waals surface area contributed by atoms with E-state index in [4.69, 9.17) is 0 Å². The molecule has 1 aliphatic carbocycles. The molecular formula is C18H22N2. The Hall–Kier alpha value is -1.67. The van der Waals surface area contributed by atoms with E-state index in [0.29, 0.717) is 12.1 Å². The first-order valence-electron chi connectivity index (χ1n) is 7.45. The number of rotatable bonds is 4. The Labute approximate surface area is 121 Å². The first kappa shape index (κ1) is 13.3. The summed E-state index contributed by atoms with van der Waals surface area (Å²) in [7, 11) is 0. The van der Waals surface area contributed by atoms with Crippen LogP contribution >= 0.6 is 0 Å². The van der Waals surface area contributed by atoms with Gasteiger partial charge >= 0.3 is 0 Å². The second-order valence-corrected chi connectivity index (χ2v) is 5.94. The fourth-order valence-corrected chi connectivity index (χ4v) is 2.97. The zero-order valence-electron chi connectivity index (χ0n) is 12.2. The van der Waals surface area contributed by atoms with Gasteiger partial charge in [0.05, 0.1) is 0 Å². The lowest BCUT2D eigenvalue weighted by molar-refractivity contribution is 0.271. The number of hydrogen-bond donors (Lipinski definition) is 1. The molecule has 0 aliphatic heterocycles. The summed E-state index contributed by atoms with van der Waals surface area (Å²) in [4.78, 5) is 4.07. The first-order chi connectivity index (χ1) is 9.72. The summed E-state index contributed by atoms with van der Waals surface area (Å²) in [6.07, 6.45) is 6.23. The van der Waals surface area contributed by atoms with Crippen molar-refractivity contribution in [1.82, 2.24) is 10.3 Å². The summed E-state index contributed by atoms with van der Waals surface area (Å²) in [5.74, 6) is 0.734. The SMILES string of the molecule is Cc1ccc(C2CC(N[C@@H](C)c3ccncc3)C2)cc1. The highest BCUT2D eigenvalue weighted by atomic mass is 15.0. The molecule has 0 unspecified atom stereocenters.